The fourth-order valence-corrected chi connectivity index (χ4v) is 3.31. The third kappa shape index (κ3) is 3.27. The van der Waals surface area contributed by atoms with Gasteiger partial charge < -0.3 is 9.64 Å². The number of hydrogen-bond donors (Lipinski definition) is 0. The van der Waals surface area contributed by atoms with E-state index in [2.05, 4.69) is 20.9 Å². The number of hydrogen-bond acceptors (Lipinski definition) is 5. The quantitative estimate of drug-likeness (QED) is 0.774. The zero-order chi connectivity index (χ0) is 14.0. The zero-order valence-corrected chi connectivity index (χ0v) is 13.3. The van der Waals surface area contributed by atoms with Crippen LogP contribution < -0.4 is 4.90 Å². The minimum absolute atomic E-state index is 0.0469. The van der Waals surface area contributed by atoms with Gasteiger partial charge in [-0.05, 0) is 19.1 Å². The number of rotatable bonds is 3. The largest absolute Gasteiger partial charge is 0.373 e. The first kappa shape index (κ1) is 14.7. The van der Waals surface area contributed by atoms with Crippen molar-refractivity contribution in [3.05, 3.63) is 18.3 Å². The van der Waals surface area contributed by atoms with E-state index in [9.17, 15) is 8.42 Å². The van der Waals surface area contributed by atoms with Crippen LogP contribution in [0.15, 0.2) is 23.2 Å². The summed E-state index contributed by atoms with van der Waals surface area (Å²) >= 11 is 3.40. The average molecular weight is 349 g/mol. The lowest BCUT2D eigenvalue weighted by Crippen LogP contribution is -2.49. The Morgan fingerprint density at radius 3 is 2.95 bits per heavy atom. The van der Waals surface area contributed by atoms with Crippen LogP contribution >= 0.6 is 15.9 Å². The van der Waals surface area contributed by atoms with E-state index in [1.807, 2.05) is 11.8 Å². The Hall–Kier alpha value is -0.660. The normalized spacial score (nSPS) is 24.5. The van der Waals surface area contributed by atoms with Crippen molar-refractivity contribution < 1.29 is 13.2 Å². The summed E-state index contributed by atoms with van der Waals surface area (Å²) in [7, 11) is -3.29. The van der Waals surface area contributed by atoms with Gasteiger partial charge in [-0.2, -0.15) is 0 Å². The van der Waals surface area contributed by atoms with Crippen molar-refractivity contribution in [2.75, 3.05) is 29.6 Å². The number of aromatic nitrogens is 1. The topological polar surface area (TPSA) is 59.5 Å². The van der Waals surface area contributed by atoms with Gasteiger partial charge in [-0.25, -0.2) is 13.4 Å². The maximum atomic E-state index is 11.8. The van der Waals surface area contributed by atoms with Crippen LogP contribution in [0.25, 0.3) is 0 Å². The molecule has 2 atom stereocenters. The van der Waals surface area contributed by atoms with Crippen LogP contribution in [0.2, 0.25) is 0 Å². The van der Waals surface area contributed by atoms with E-state index < -0.39 is 9.84 Å². The molecule has 0 bridgehead atoms. The maximum absolute atomic E-state index is 11.8. The molecule has 1 aromatic rings. The van der Waals surface area contributed by atoms with Crippen LogP contribution in [0.5, 0.6) is 0 Å². The predicted molar refractivity (Wildman–Crippen MR) is 77.7 cm³/mol. The van der Waals surface area contributed by atoms with Crippen LogP contribution in [0.1, 0.15) is 6.92 Å². The molecule has 2 heterocycles. The minimum Gasteiger partial charge on any atom is -0.373 e. The van der Waals surface area contributed by atoms with E-state index in [1.165, 1.54) is 6.26 Å². The van der Waals surface area contributed by atoms with Gasteiger partial charge in [-0.3, -0.25) is 0 Å². The molecule has 0 saturated carbocycles. The Labute approximate surface area is 122 Å². The van der Waals surface area contributed by atoms with E-state index in [1.54, 1.807) is 18.3 Å². The van der Waals surface area contributed by atoms with Crippen molar-refractivity contribution >= 4 is 31.6 Å². The summed E-state index contributed by atoms with van der Waals surface area (Å²) in [5.41, 5.74) is 0. The van der Waals surface area contributed by atoms with E-state index in [0.717, 1.165) is 5.33 Å². The highest BCUT2D eigenvalue weighted by atomic mass is 79.9. The SMILES string of the molecule is CC1COC(CBr)CN1c1ncccc1S(C)(=O)=O. The second-order valence-electron chi connectivity index (χ2n) is 4.71. The van der Waals surface area contributed by atoms with Gasteiger partial charge >= 0.3 is 0 Å². The fraction of sp³-hybridized carbons (Fsp3) is 0.583. The number of morpholine rings is 1. The Balaban J connectivity index is 2.40. The van der Waals surface area contributed by atoms with Crippen molar-refractivity contribution in [1.29, 1.82) is 0 Å². The number of alkyl halides is 1. The second-order valence-corrected chi connectivity index (χ2v) is 7.34. The van der Waals surface area contributed by atoms with Gasteiger partial charge in [0.25, 0.3) is 0 Å². The molecule has 2 rings (SSSR count). The van der Waals surface area contributed by atoms with Gasteiger partial charge in [-0.1, -0.05) is 15.9 Å². The third-order valence-corrected chi connectivity index (χ3v) is 4.94. The van der Waals surface area contributed by atoms with Gasteiger partial charge in [0, 0.05) is 24.3 Å². The van der Waals surface area contributed by atoms with Gasteiger partial charge in [0.2, 0.25) is 0 Å². The molecule has 0 spiro atoms. The van der Waals surface area contributed by atoms with Gasteiger partial charge in [0.05, 0.1) is 18.8 Å². The summed E-state index contributed by atoms with van der Waals surface area (Å²) < 4.78 is 29.3. The smallest absolute Gasteiger partial charge is 0.179 e. The lowest BCUT2D eigenvalue weighted by atomic mass is 10.2. The second kappa shape index (κ2) is 5.76. The van der Waals surface area contributed by atoms with Crippen molar-refractivity contribution in [1.82, 2.24) is 4.98 Å². The van der Waals surface area contributed by atoms with E-state index in [4.69, 9.17) is 4.74 Å². The molecule has 0 N–H and O–H groups in total. The molecule has 7 heteroatoms. The number of anilines is 1. The Bertz CT molecular complexity index is 550. The van der Waals surface area contributed by atoms with E-state index in [0.29, 0.717) is 19.0 Å². The molecular weight excluding hydrogens is 332 g/mol. The Morgan fingerprint density at radius 2 is 2.32 bits per heavy atom. The summed E-state index contributed by atoms with van der Waals surface area (Å²) in [6, 6.07) is 3.35. The standard InChI is InChI=1S/C12H17BrN2O3S/c1-9-8-18-10(6-13)7-15(9)12-11(19(2,16)17)4-3-5-14-12/h3-5,9-10H,6-8H2,1-2H3. The highest BCUT2D eigenvalue weighted by Gasteiger charge is 2.29. The Morgan fingerprint density at radius 1 is 1.58 bits per heavy atom. The molecule has 1 aliphatic rings. The summed E-state index contributed by atoms with van der Waals surface area (Å²) in [6.45, 7) is 3.20. The monoisotopic (exact) mass is 348 g/mol. The zero-order valence-electron chi connectivity index (χ0n) is 10.9. The molecule has 2 unspecified atom stereocenters. The predicted octanol–water partition coefficient (Wildman–Crippen LogP) is 1.47. The van der Waals surface area contributed by atoms with Gasteiger partial charge in [0.15, 0.2) is 9.84 Å². The van der Waals surface area contributed by atoms with Crippen LogP contribution in [0.4, 0.5) is 5.82 Å². The van der Waals surface area contributed by atoms with Crippen molar-refractivity contribution in [2.45, 2.75) is 24.0 Å². The molecule has 5 nitrogen and oxygen atoms in total. The van der Waals surface area contributed by atoms with E-state index in [-0.39, 0.29) is 17.0 Å². The van der Waals surface area contributed by atoms with Crippen molar-refractivity contribution in [2.24, 2.45) is 0 Å². The van der Waals surface area contributed by atoms with Crippen molar-refractivity contribution in [3.63, 3.8) is 0 Å². The maximum Gasteiger partial charge on any atom is 0.179 e. The first-order chi connectivity index (χ1) is 8.93. The third-order valence-electron chi connectivity index (χ3n) is 3.10. The summed E-state index contributed by atoms with van der Waals surface area (Å²) in [4.78, 5) is 6.54. The highest BCUT2D eigenvalue weighted by Crippen LogP contribution is 2.27. The number of pyridine rings is 1. The number of halogens is 1. The van der Waals surface area contributed by atoms with Gasteiger partial charge in [0.1, 0.15) is 10.7 Å². The summed E-state index contributed by atoms with van der Waals surface area (Å²) in [6.07, 6.45) is 2.88. The molecular formula is C12H17BrN2O3S. The molecule has 0 radical (unpaired) electrons. The summed E-state index contributed by atoms with van der Waals surface area (Å²) in [5.74, 6) is 0.520. The van der Waals surface area contributed by atoms with Gasteiger partial charge in [-0.15, -0.1) is 0 Å². The highest BCUT2D eigenvalue weighted by molar-refractivity contribution is 9.09. The lowest BCUT2D eigenvalue weighted by Gasteiger charge is -2.38. The average Bonchev–Trinajstić information content (AvgIpc) is 2.38. The summed E-state index contributed by atoms with van der Waals surface area (Å²) in [5, 5.41) is 0.720. The molecule has 106 valence electrons. The van der Waals surface area contributed by atoms with Crippen LogP contribution in [0, 0.1) is 0 Å². The number of nitrogens with zero attached hydrogens (tertiary/aromatic N) is 2. The molecule has 0 amide bonds. The van der Waals surface area contributed by atoms with Crippen LogP contribution in [0.3, 0.4) is 0 Å². The first-order valence-electron chi connectivity index (χ1n) is 6.02. The molecule has 19 heavy (non-hydrogen) atoms. The first-order valence-corrected chi connectivity index (χ1v) is 9.04. The van der Waals surface area contributed by atoms with Crippen molar-refractivity contribution in [3.8, 4) is 0 Å². The lowest BCUT2D eigenvalue weighted by molar-refractivity contribution is 0.0374. The molecule has 1 aliphatic heterocycles. The molecule has 1 fully saturated rings. The number of ether oxygens (including phenoxy) is 1. The molecule has 1 aromatic heterocycles. The Kier molecular flexibility index (Phi) is 4.47. The molecule has 1 saturated heterocycles. The number of sulfone groups is 1. The minimum atomic E-state index is -3.29. The van der Waals surface area contributed by atoms with Crippen LogP contribution in [-0.4, -0.2) is 50.3 Å². The van der Waals surface area contributed by atoms with Crippen LogP contribution in [-0.2, 0) is 14.6 Å². The van der Waals surface area contributed by atoms with E-state index >= 15 is 0 Å². The fourth-order valence-electron chi connectivity index (χ4n) is 2.09. The molecule has 0 aromatic carbocycles. The molecule has 0 aliphatic carbocycles.